The highest BCUT2D eigenvalue weighted by Crippen LogP contribution is 1.99. The summed E-state index contributed by atoms with van der Waals surface area (Å²) in [7, 11) is 0. The molecule has 0 radical (unpaired) electrons. The molecule has 0 unspecified atom stereocenters. The maximum absolute atomic E-state index is 11.3. The zero-order chi connectivity index (χ0) is 20.5. The molecule has 0 aromatic carbocycles. The van der Waals surface area contributed by atoms with Crippen LogP contribution in [0, 0.1) is 0 Å². The summed E-state index contributed by atoms with van der Waals surface area (Å²) in [5, 5.41) is 24.9. The third-order valence-corrected chi connectivity index (χ3v) is 2.28. The van der Waals surface area contributed by atoms with Crippen molar-refractivity contribution < 1.29 is 58.5 Å². The maximum atomic E-state index is 11.3. The van der Waals surface area contributed by atoms with Crippen LogP contribution in [0.5, 0.6) is 0 Å². The average Bonchev–Trinajstić information content (AvgIpc) is 2.62. The van der Waals surface area contributed by atoms with E-state index in [0.29, 0.717) is 24.3 Å². The molecule has 0 saturated carbocycles. The third-order valence-electron chi connectivity index (χ3n) is 2.28. The van der Waals surface area contributed by atoms with Gasteiger partial charge in [-0.25, -0.2) is 24.1 Å². The fourth-order valence-corrected chi connectivity index (χ4v) is 1.19. The van der Waals surface area contributed by atoms with Gasteiger partial charge in [-0.2, -0.15) is 0 Å². The smallest absolute Gasteiger partial charge is 0.331 e. The number of carbonyl (C=O) groups excluding carboxylic acids is 2. The molecule has 0 aliphatic carbocycles. The third kappa shape index (κ3) is 16.0. The molecule has 0 amide bonds. The van der Waals surface area contributed by atoms with E-state index in [2.05, 4.69) is 4.89 Å². The summed E-state index contributed by atoms with van der Waals surface area (Å²) in [5.74, 6) is -4.62. The molecule has 0 aliphatic heterocycles. The SMILES string of the molecule is O=C(O)C=CC(=O)OCC(COC(=O)C=CC(=O)O)OCO/C=C\COO. The topological polar surface area (TPSA) is 175 Å². The Kier molecular flexibility index (Phi) is 13.3. The molecule has 0 atom stereocenters. The number of ether oxygens (including phenoxy) is 4. The van der Waals surface area contributed by atoms with Crippen molar-refractivity contribution in [1.29, 1.82) is 0 Å². The van der Waals surface area contributed by atoms with Crippen molar-refractivity contribution >= 4 is 23.9 Å². The van der Waals surface area contributed by atoms with E-state index in [1.807, 2.05) is 0 Å². The van der Waals surface area contributed by atoms with Crippen LogP contribution < -0.4 is 0 Å². The lowest BCUT2D eigenvalue weighted by atomic mass is 10.4. The lowest BCUT2D eigenvalue weighted by molar-refractivity contribution is -0.232. The molecule has 0 fully saturated rings. The maximum Gasteiger partial charge on any atom is 0.331 e. The zero-order valence-electron chi connectivity index (χ0n) is 13.9. The van der Waals surface area contributed by atoms with Gasteiger partial charge in [0.1, 0.15) is 25.9 Å². The average molecular weight is 390 g/mol. The van der Waals surface area contributed by atoms with E-state index in [1.54, 1.807) is 0 Å². The summed E-state index contributed by atoms with van der Waals surface area (Å²) in [6.45, 7) is -1.29. The number of aliphatic carboxylic acids is 2. The molecule has 150 valence electrons. The van der Waals surface area contributed by atoms with Gasteiger partial charge in [0.2, 0.25) is 0 Å². The second-order valence-corrected chi connectivity index (χ2v) is 4.34. The minimum absolute atomic E-state index is 0.121. The molecule has 0 rings (SSSR count). The number of rotatable bonds is 14. The number of carboxylic acids is 2. The van der Waals surface area contributed by atoms with Gasteiger partial charge in [-0.05, 0) is 6.08 Å². The van der Waals surface area contributed by atoms with Crippen molar-refractivity contribution in [1.82, 2.24) is 0 Å². The van der Waals surface area contributed by atoms with Crippen molar-refractivity contribution in [2.45, 2.75) is 6.10 Å². The van der Waals surface area contributed by atoms with Crippen LogP contribution in [0.25, 0.3) is 0 Å². The molecular formula is C15H18O12. The summed E-state index contributed by atoms with van der Waals surface area (Å²) in [4.78, 5) is 47.0. The summed E-state index contributed by atoms with van der Waals surface area (Å²) >= 11 is 0. The van der Waals surface area contributed by atoms with Gasteiger partial charge >= 0.3 is 23.9 Å². The van der Waals surface area contributed by atoms with Gasteiger partial charge in [0.15, 0.2) is 6.79 Å². The first kappa shape index (κ1) is 23.8. The Labute approximate surface area is 152 Å². The molecular weight excluding hydrogens is 372 g/mol. The quantitative estimate of drug-likeness (QED) is 0.0673. The number of carboxylic acid groups (broad SMARTS) is 2. The summed E-state index contributed by atoms with van der Waals surface area (Å²) in [6.07, 6.45) is 3.97. The van der Waals surface area contributed by atoms with Crippen LogP contribution in [-0.2, 0) is 43.0 Å². The Balaban J connectivity index is 4.50. The Bertz CT molecular complexity index is 537. The predicted octanol–water partition coefficient (Wildman–Crippen LogP) is -0.283. The minimum Gasteiger partial charge on any atom is -0.478 e. The van der Waals surface area contributed by atoms with E-state index in [9.17, 15) is 19.2 Å². The number of esters is 2. The molecule has 0 aromatic heterocycles. The monoisotopic (exact) mass is 390 g/mol. The fraction of sp³-hybridized carbons (Fsp3) is 0.333. The first-order chi connectivity index (χ1) is 12.8. The van der Waals surface area contributed by atoms with Crippen LogP contribution in [0.4, 0.5) is 0 Å². The van der Waals surface area contributed by atoms with Crippen LogP contribution in [0.15, 0.2) is 36.6 Å². The standard InChI is InChI=1S/C15H18O12/c16-12(17)2-4-14(20)24-8-11(26-10-23-6-1-7-27-22)9-25-15(21)5-3-13(18)19/h1-6,11,22H,7-10H2,(H,16,17)(H,18,19)/b4-2?,5-3?,6-1-. The van der Waals surface area contributed by atoms with Gasteiger partial charge in [-0.1, -0.05) is 0 Å². The van der Waals surface area contributed by atoms with Gasteiger partial charge in [0.25, 0.3) is 0 Å². The number of hydrogen-bond acceptors (Lipinski definition) is 10. The summed E-state index contributed by atoms with van der Waals surface area (Å²) < 4.78 is 19.5. The highest BCUT2D eigenvalue weighted by molar-refractivity contribution is 5.91. The Morgan fingerprint density at radius 1 is 0.852 bits per heavy atom. The predicted molar refractivity (Wildman–Crippen MR) is 84.0 cm³/mol. The van der Waals surface area contributed by atoms with Crippen molar-refractivity contribution in [2.24, 2.45) is 0 Å². The molecule has 12 heteroatoms. The molecule has 0 spiro atoms. The minimum atomic E-state index is -1.34. The van der Waals surface area contributed by atoms with E-state index in [1.165, 1.54) is 6.08 Å². The lowest BCUT2D eigenvalue weighted by Gasteiger charge is -2.16. The highest BCUT2D eigenvalue weighted by Gasteiger charge is 2.14. The molecule has 12 nitrogen and oxygen atoms in total. The molecule has 0 bridgehead atoms. The van der Waals surface area contributed by atoms with E-state index in [4.69, 9.17) is 34.4 Å². The summed E-state index contributed by atoms with van der Waals surface area (Å²) in [5.41, 5.74) is 0. The van der Waals surface area contributed by atoms with Crippen molar-refractivity contribution in [3.63, 3.8) is 0 Å². The van der Waals surface area contributed by atoms with Crippen LogP contribution in [-0.4, -0.2) is 72.1 Å². The first-order valence-corrected chi connectivity index (χ1v) is 7.15. The van der Waals surface area contributed by atoms with Crippen LogP contribution in [0.3, 0.4) is 0 Å². The molecule has 0 saturated heterocycles. The van der Waals surface area contributed by atoms with Gasteiger partial charge < -0.3 is 29.2 Å². The highest BCUT2D eigenvalue weighted by atomic mass is 17.1. The largest absolute Gasteiger partial charge is 0.478 e. The molecule has 0 aliphatic rings. The van der Waals surface area contributed by atoms with Gasteiger partial charge in [-0.15, -0.1) is 0 Å². The van der Waals surface area contributed by atoms with Crippen LogP contribution in [0.2, 0.25) is 0 Å². The van der Waals surface area contributed by atoms with Crippen molar-refractivity contribution in [3.8, 4) is 0 Å². The normalized spacial score (nSPS) is 12.3. The van der Waals surface area contributed by atoms with E-state index >= 15 is 0 Å². The van der Waals surface area contributed by atoms with Crippen LogP contribution >= 0.6 is 0 Å². The second kappa shape index (κ2) is 15.1. The number of hydrogen-bond donors (Lipinski definition) is 3. The van der Waals surface area contributed by atoms with Gasteiger partial charge in [0.05, 0.1) is 6.26 Å². The Morgan fingerprint density at radius 2 is 1.37 bits per heavy atom. The molecule has 27 heavy (non-hydrogen) atoms. The van der Waals surface area contributed by atoms with E-state index in [0.717, 1.165) is 6.26 Å². The van der Waals surface area contributed by atoms with Crippen LogP contribution in [0.1, 0.15) is 0 Å². The number of carbonyl (C=O) groups is 4. The summed E-state index contributed by atoms with van der Waals surface area (Å²) in [6, 6.07) is 0. The van der Waals surface area contributed by atoms with Gasteiger partial charge in [0, 0.05) is 24.3 Å². The molecule has 3 N–H and O–H groups in total. The first-order valence-electron chi connectivity index (χ1n) is 7.15. The zero-order valence-corrected chi connectivity index (χ0v) is 13.9. The molecule has 0 heterocycles. The van der Waals surface area contributed by atoms with Crippen molar-refractivity contribution in [2.75, 3.05) is 26.6 Å². The molecule has 0 aromatic rings. The van der Waals surface area contributed by atoms with E-state index in [-0.39, 0.29) is 13.4 Å². The van der Waals surface area contributed by atoms with Gasteiger partial charge in [-0.3, -0.25) is 5.26 Å². The van der Waals surface area contributed by atoms with E-state index < -0.39 is 43.2 Å². The Hall–Kier alpha value is -3.22. The fourth-order valence-electron chi connectivity index (χ4n) is 1.19. The lowest BCUT2D eigenvalue weighted by Crippen LogP contribution is -2.28. The Morgan fingerprint density at radius 3 is 1.81 bits per heavy atom. The van der Waals surface area contributed by atoms with Crippen molar-refractivity contribution in [3.05, 3.63) is 36.6 Å². The second-order valence-electron chi connectivity index (χ2n) is 4.34.